The Labute approximate surface area is 163 Å². The van der Waals surface area contributed by atoms with Gasteiger partial charge in [-0.2, -0.15) is 4.79 Å². The van der Waals surface area contributed by atoms with Gasteiger partial charge in [-0.05, 0) is 18.4 Å². The van der Waals surface area contributed by atoms with Crippen LogP contribution in [0.1, 0.15) is 68.7 Å². The quantitative estimate of drug-likeness (QED) is 0.469. The van der Waals surface area contributed by atoms with Crippen molar-refractivity contribution in [1.29, 1.82) is 0 Å². The Morgan fingerprint density at radius 3 is 2.44 bits per heavy atom. The monoisotopic (exact) mass is 366 g/mol. The third-order valence-electron chi connectivity index (χ3n) is 6.30. The molecule has 144 valence electrons. The van der Waals surface area contributed by atoms with Crippen LogP contribution in [0.5, 0.6) is 0 Å². The molecule has 2 aromatic rings. The maximum atomic E-state index is 12.9. The maximum Gasteiger partial charge on any atom is 0.514 e. The third kappa shape index (κ3) is 3.66. The molecule has 0 saturated carbocycles. The normalized spacial score (nSPS) is 22.8. The summed E-state index contributed by atoms with van der Waals surface area (Å²) in [6.07, 6.45) is 5.45. The van der Waals surface area contributed by atoms with Crippen LogP contribution in [0.15, 0.2) is 54.6 Å². The molecule has 3 atom stereocenters. The fourth-order valence-electron chi connectivity index (χ4n) is 4.94. The Hall–Kier alpha value is -2.13. The fraction of sp³-hybridized carbons (Fsp3) is 0.458. The van der Waals surface area contributed by atoms with Gasteiger partial charge in [0.1, 0.15) is 0 Å². The Morgan fingerprint density at radius 1 is 1.07 bits per heavy atom. The molecule has 0 bridgehead atoms. The van der Waals surface area contributed by atoms with Gasteiger partial charge in [-0.3, -0.25) is 0 Å². The minimum atomic E-state index is -0.679. The molecule has 0 saturated heterocycles. The summed E-state index contributed by atoms with van der Waals surface area (Å²) in [4.78, 5) is 12.9. The van der Waals surface area contributed by atoms with E-state index in [0.717, 1.165) is 37.7 Å². The average molecular weight is 367 g/mol. The summed E-state index contributed by atoms with van der Waals surface area (Å²) < 4.78 is 0.140. The SMILES string of the molecule is CCCCCC(CC)[N+]1(C(=O)O)CCc2ccccc2C1c1ccccc1. The molecule has 1 N–H and O–H groups in total. The summed E-state index contributed by atoms with van der Waals surface area (Å²) in [6.45, 7) is 5.02. The molecule has 1 aliphatic rings. The van der Waals surface area contributed by atoms with E-state index < -0.39 is 6.09 Å². The van der Waals surface area contributed by atoms with Gasteiger partial charge in [0, 0.05) is 24.0 Å². The van der Waals surface area contributed by atoms with E-state index in [9.17, 15) is 9.90 Å². The van der Waals surface area contributed by atoms with Crippen LogP contribution >= 0.6 is 0 Å². The molecule has 3 nitrogen and oxygen atoms in total. The van der Waals surface area contributed by atoms with Crippen LogP contribution in [0.3, 0.4) is 0 Å². The lowest BCUT2D eigenvalue weighted by Gasteiger charge is -2.48. The molecule has 2 aromatic carbocycles. The van der Waals surface area contributed by atoms with Crippen LogP contribution in [-0.4, -0.2) is 28.3 Å². The van der Waals surface area contributed by atoms with Gasteiger partial charge in [0.2, 0.25) is 0 Å². The highest BCUT2D eigenvalue weighted by Crippen LogP contribution is 2.44. The summed E-state index contributed by atoms with van der Waals surface area (Å²) in [6, 6.07) is 18.7. The topological polar surface area (TPSA) is 37.3 Å². The molecule has 0 fully saturated rings. The van der Waals surface area contributed by atoms with Crippen LogP contribution in [0, 0.1) is 0 Å². The van der Waals surface area contributed by atoms with Crippen molar-refractivity contribution >= 4 is 6.09 Å². The molecule has 1 heterocycles. The Bertz CT molecular complexity index is 758. The summed E-state index contributed by atoms with van der Waals surface area (Å²) >= 11 is 0. The van der Waals surface area contributed by atoms with Crippen molar-refractivity contribution in [3.8, 4) is 0 Å². The zero-order valence-electron chi connectivity index (χ0n) is 16.6. The van der Waals surface area contributed by atoms with Gasteiger partial charge in [-0.1, -0.05) is 81.3 Å². The minimum Gasteiger partial charge on any atom is -0.435 e. The van der Waals surface area contributed by atoms with Crippen molar-refractivity contribution in [1.82, 2.24) is 0 Å². The van der Waals surface area contributed by atoms with Crippen molar-refractivity contribution in [2.24, 2.45) is 0 Å². The van der Waals surface area contributed by atoms with Crippen molar-refractivity contribution in [3.63, 3.8) is 0 Å². The number of hydrogen-bond donors (Lipinski definition) is 1. The molecule has 0 aromatic heterocycles. The van der Waals surface area contributed by atoms with Gasteiger partial charge >= 0.3 is 6.09 Å². The third-order valence-corrected chi connectivity index (χ3v) is 6.30. The molecule has 0 radical (unpaired) electrons. The number of unbranched alkanes of at least 4 members (excludes halogenated alkanes) is 2. The van der Waals surface area contributed by atoms with E-state index in [1.807, 2.05) is 18.2 Å². The standard InChI is InChI=1S/C24H31NO2/c1-3-5-7-15-21(4-2)25(24(26)27)18-17-19-12-10-11-16-22(19)23(25)20-13-8-6-9-14-20/h6,8-14,16,21,23H,3-5,7,15,17-18H2,1-2H3/p+1. The Balaban J connectivity index is 2.14. The van der Waals surface area contributed by atoms with E-state index in [1.165, 1.54) is 17.5 Å². The van der Waals surface area contributed by atoms with E-state index in [1.54, 1.807) is 0 Å². The summed E-state index contributed by atoms with van der Waals surface area (Å²) in [5.41, 5.74) is 3.59. The van der Waals surface area contributed by atoms with Gasteiger partial charge in [0.05, 0.1) is 12.6 Å². The van der Waals surface area contributed by atoms with Gasteiger partial charge in [-0.25, -0.2) is 4.48 Å². The summed E-state index contributed by atoms with van der Waals surface area (Å²) in [5.74, 6) is 0. The number of quaternary nitrogens is 1. The lowest BCUT2D eigenvalue weighted by molar-refractivity contribution is -0.909. The molecule has 27 heavy (non-hydrogen) atoms. The fourth-order valence-corrected chi connectivity index (χ4v) is 4.94. The second kappa shape index (κ2) is 8.71. The molecular weight excluding hydrogens is 334 g/mol. The zero-order valence-corrected chi connectivity index (χ0v) is 16.6. The molecule has 1 aliphatic heterocycles. The number of carboxylic acid groups (broad SMARTS) is 1. The molecule has 3 rings (SSSR count). The lowest BCUT2D eigenvalue weighted by atomic mass is 9.83. The first-order valence-electron chi connectivity index (χ1n) is 10.4. The van der Waals surface area contributed by atoms with Crippen molar-refractivity contribution in [2.75, 3.05) is 6.54 Å². The van der Waals surface area contributed by atoms with Crippen LogP contribution < -0.4 is 0 Å². The van der Waals surface area contributed by atoms with Crippen molar-refractivity contribution in [3.05, 3.63) is 71.3 Å². The van der Waals surface area contributed by atoms with E-state index in [-0.39, 0.29) is 16.6 Å². The first-order chi connectivity index (χ1) is 13.1. The molecule has 3 heteroatoms. The predicted octanol–water partition coefficient (Wildman–Crippen LogP) is 6.19. The number of nitrogens with zero attached hydrogens (tertiary/aromatic N) is 1. The molecule has 1 amide bonds. The zero-order chi connectivity index (χ0) is 19.3. The van der Waals surface area contributed by atoms with E-state index in [0.29, 0.717) is 6.54 Å². The predicted molar refractivity (Wildman–Crippen MR) is 110 cm³/mol. The van der Waals surface area contributed by atoms with Gasteiger partial charge in [0.25, 0.3) is 0 Å². The van der Waals surface area contributed by atoms with Gasteiger partial charge in [0.15, 0.2) is 6.04 Å². The highest BCUT2D eigenvalue weighted by atomic mass is 16.4. The van der Waals surface area contributed by atoms with E-state index in [2.05, 4.69) is 50.2 Å². The number of carbonyl (C=O) groups is 1. The largest absolute Gasteiger partial charge is 0.514 e. The smallest absolute Gasteiger partial charge is 0.435 e. The number of hydrogen-bond acceptors (Lipinski definition) is 1. The van der Waals surface area contributed by atoms with Crippen LogP contribution in [-0.2, 0) is 6.42 Å². The van der Waals surface area contributed by atoms with Crippen LogP contribution in [0.25, 0.3) is 0 Å². The second-order valence-corrected chi connectivity index (χ2v) is 7.76. The Morgan fingerprint density at radius 2 is 1.78 bits per heavy atom. The lowest BCUT2D eigenvalue weighted by Crippen LogP contribution is -2.63. The number of fused-ring (bicyclic) bond motifs is 1. The number of amides is 1. The highest BCUT2D eigenvalue weighted by Gasteiger charge is 2.53. The summed E-state index contributed by atoms with van der Waals surface area (Å²) in [7, 11) is 0. The minimum absolute atomic E-state index is 0.132. The number of benzene rings is 2. The first kappa shape index (κ1) is 19.6. The maximum absolute atomic E-state index is 12.9. The molecular formula is C24H32NO2+. The Kier molecular flexibility index (Phi) is 6.33. The van der Waals surface area contributed by atoms with Gasteiger partial charge < -0.3 is 5.11 Å². The van der Waals surface area contributed by atoms with Crippen molar-refractivity contribution < 1.29 is 14.4 Å². The van der Waals surface area contributed by atoms with E-state index >= 15 is 0 Å². The average Bonchev–Trinajstić information content (AvgIpc) is 2.71. The highest BCUT2D eigenvalue weighted by molar-refractivity contribution is 5.59. The first-order valence-corrected chi connectivity index (χ1v) is 10.4. The molecule has 0 spiro atoms. The molecule has 0 aliphatic carbocycles. The number of rotatable bonds is 7. The van der Waals surface area contributed by atoms with Gasteiger partial charge in [-0.15, -0.1) is 0 Å². The summed E-state index contributed by atoms with van der Waals surface area (Å²) in [5, 5.41) is 10.6. The second-order valence-electron chi connectivity index (χ2n) is 7.76. The van der Waals surface area contributed by atoms with Crippen molar-refractivity contribution in [2.45, 2.75) is 64.5 Å². The molecule has 3 unspecified atom stereocenters. The van der Waals surface area contributed by atoms with Crippen LogP contribution in [0.2, 0.25) is 0 Å². The van der Waals surface area contributed by atoms with E-state index in [4.69, 9.17) is 0 Å². The van der Waals surface area contributed by atoms with Crippen LogP contribution in [0.4, 0.5) is 4.79 Å².